The Morgan fingerprint density at radius 3 is 3.14 bits per heavy atom. The third-order valence-corrected chi connectivity index (χ3v) is 3.95. The Kier molecular flexibility index (Phi) is 4.15. The summed E-state index contributed by atoms with van der Waals surface area (Å²) in [5.74, 6) is 1.19. The molecule has 22 heavy (non-hydrogen) atoms. The molecule has 1 saturated heterocycles. The van der Waals surface area contributed by atoms with E-state index in [0.717, 1.165) is 17.1 Å². The van der Waals surface area contributed by atoms with E-state index in [1.165, 1.54) is 0 Å². The van der Waals surface area contributed by atoms with Crippen molar-refractivity contribution in [2.45, 2.75) is 19.0 Å². The number of nitrogens with one attached hydrogen (secondary N) is 2. The van der Waals surface area contributed by atoms with Gasteiger partial charge >= 0.3 is 0 Å². The lowest BCUT2D eigenvalue weighted by atomic mass is 10.1. The van der Waals surface area contributed by atoms with Gasteiger partial charge in [-0.15, -0.1) is 0 Å². The lowest BCUT2D eigenvalue weighted by molar-refractivity contribution is -0.134. The molecule has 2 aliphatic heterocycles. The summed E-state index contributed by atoms with van der Waals surface area (Å²) in [6.07, 6.45) is 0.148. The molecule has 3 rings (SSSR count). The Morgan fingerprint density at radius 1 is 1.45 bits per heavy atom. The summed E-state index contributed by atoms with van der Waals surface area (Å²) in [6.45, 7) is 2.03. The lowest BCUT2D eigenvalue weighted by Gasteiger charge is -2.34. The molecule has 2 heterocycles. The number of benzene rings is 1. The zero-order valence-electron chi connectivity index (χ0n) is 12.4. The van der Waals surface area contributed by atoms with Gasteiger partial charge in [-0.2, -0.15) is 0 Å². The third-order valence-electron chi connectivity index (χ3n) is 3.95. The van der Waals surface area contributed by atoms with Crippen LogP contribution in [0.15, 0.2) is 18.2 Å². The molecule has 7 heteroatoms. The van der Waals surface area contributed by atoms with E-state index >= 15 is 0 Å². The number of para-hydroxylation sites is 1. The maximum atomic E-state index is 12.1. The van der Waals surface area contributed by atoms with Gasteiger partial charge in [-0.25, -0.2) is 0 Å². The second-order valence-corrected chi connectivity index (χ2v) is 5.31. The molecule has 2 amide bonds. The highest BCUT2D eigenvalue weighted by atomic mass is 16.7. The zero-order chi connectivity index (χ0) is 15.5. The summed E-state index contributed by atoms with van der Waals surface area (Å²) in [5, 5.41) is 5.38. The van der Waals surface area contributed by atoms with Gasteiger partial charge in [0.2, 0.25) is 18.6 Å². The molecular formula is C15H19N3O4. The largest absolute Gasteiger partial charge is 0.454 e. The fourth-order valence-corrected chi connectivity index (χ4v) is 2.78. The predicted molar refractivity (Wildman–Crippen MR) is 78.5 cm³/mol. The molecule has 2 N–H and O–H groups in total. The average molecular weight is 305 g/mol. The Morgan fingerprint density at radius 2 is 2.32 bits per heavy atom. The molecule has 2 aliphatic rings. The number of carbonyl (C=O) groups is 2. The van der Waals surface area contributed by atoms with Crippen LogP contribution in [0.25, 0.3) is 0 Å². The van der Waals surface area contributed by atoms with E-state index in [9.17, 15) is 9.59 Å². The summed E-state index contributed by atoms with van der Waals surface area (Å²) >= 11 is 0. The first-order valence-corrected chi connectivity index (χ1v) is 7.29. The van der Waals surface area contributed by atoms with Crippen molar-refractivity contribution in [1.82, 2.24) is 15.5 Å². The topological polar surface area (TPSA) is 79.9 Å². The number of nitrogens with zero attached hydrogens (tertiary/aromatic N) is 1. The highest BCUT2D eigenvalue weighted by Gasteiger charge is 2.32. The highest BCUT2D eigenvalue weighted by Crippen LogP contribution is 2.36. The molecule has 1 atom stereocenters. The van der Waals surface area contributed by atoms with Crippen LogP contribution in [0.2, 0.25) is 0 Å². The minimum Gasteiger partial charge on any atom is -0.454 e. The van der Waals surface area contributed by atoms with Gasteiger partial charge in [0.1, 0.15) is 0 Å². The molecule has 1 aromatic carbocycles. The normalized spacial score (nSPS) is 20.6. The Labute approximate surface area is 128 Å². The molecule has 1 unspecified atom stereocenters. The monoisotopic (exact) mass is 305 g/mol. The zero-order valence-corrected chi connectivity index (χ0v) is 12.4. The van der Waals surface area contributed by atoms with Crippen LogP contribution in [0.1, 0.15) is 12.0 Å². The van der Waals surface area contributed by atoms with E-state index in [-0.39, 0.29) is 25.0 Å². The Balaban J connectivity index is 1.78. The van der Waals surface area contributed by atoms with Crippen molar-refractivity contribution >= 4 is 11.8 Å². The minimum atomic E-state index is -0.466. The van der Waals surface area contributed by atoms with Gasteiger partial charge in [0.15, 0.2) is 11.5 Å². The van der Waals surface area contributed by atoms with Crippen molar-refractivity contribution < 1.29 is 19.1 Å². The molecule has 118 valence electrons. The van der Waals surface area contributed by atoms with E-state index in [2.05, 4.69) is 10.6 Å². The van der Waals surface area contributed by atoms with Gasteiger partial charge in [0.25, 0.3) is 0 Å². The second kappa shape index (κ2) is 6.23. The van der Waals surface area contributed by atoms with Crippen molar-refractivity contribution in [2.24, 2.45) is 0 Å². The SMILES string of the molecule is CNC(=O)CC1C(=O)NCCN1Cc1cccc2c1OCO2. The van der Waals surface area contributed by atoms with Crippen LogP contribution >= 0.6 is 0 Å². The smallest absolute Gasteiger partial charge is 0.237 e. The molecule has 1 aromatic rings. The van der Waals surface area contributed by atoms with Crippen molar-refractivity contribution in [3.63, 3.8) is 0 Å². The Hall–Kier alpha value is -2.28. The summed E-state index contributed by atoms with van der Waals surface area (Å²) in [6, 6.07) is 5.25. The van der Waals surface area contributed by atoms with Crippen LogP contribution in [-0.4, -0.2) is 49.7 Å². The number of hydrogen-bond acceptors (Lipinski definition) is 5. The van der Waals surface area contributed by atoms with Gasteiger partial charge in [-0.05, 0) is 6.07 Å². The van der Waals surface area contributed by atoms with E-state index in [0.29, 0.717) is 19.6 Å². The first-order valence-electron chi connectivity index (χ1n) is 7.29. The third kappa shape index (κ3) is 2.85. The van der Waals surface area contributed by atoms with E-state index in [4.69, 9.17) is 9.47 Å². The van der Waals surface area contributed by atoms with Crippen molar-refractivity contribution in [2.75, 3.05) is 26.9 Å². The fraction of sp³-hybridized carbons (Fsp3) is 0.467. The number of carbonyl (C=O) groups excluding carboxylic acids is 2. The second-order valence-electron chi connectivity index (χ2n) is 5.31. The van der Waals surface area contributed by atoms with Gasteiger partial charge in [0, 0.05) is 32.2 Å². The molecule has 7 nitrogen and oxygen atoms in total. The van der Waals surface area contributed by atoms with Crippen LogP contribution in [0.3, 0.4) is 0 Å². The minimum absolute atomic E-state index is 0.111. The number of rotatable bonds is 4. The summed E-state index contributed by atoms with van der Waals surface area (Å²) in [5.41, 5.74) is 0.964. The summed E-state index contributed by atoms with van der Waals surface area (Å²) in [7, 11) is 1.57. The fourth-order valence-electron chi connectivity index (χ4n) is 2.78. The Bertz CT molecular complexity index is 590. The molecule has 0 aromatic heterocycles. The maximum Gasteiger partial charge on any atom is 0.237 e. The average Bonchev–Trinajstić information content (AvgIpc) is 3.00. The number of piperazine rings is 1. The van der Waals surface area contributed by atoms with Crippen LogP contribution in [0.5, 0.6) is 11.5 Å². The molecule has 0 radical (unpaired) electrons. The first-order chi connectivity index (χ1) is 10.7. The molecule has 1 fully saturated rings. The molecule has 0 bridgehead atoms. The van der Waals surface area contributed by atoms with E-state index < -0.39 is 6.04 Å². The van der Waals surface area contributed by atoms with Crippen molar-refractivity contribution in [3.8, 4) is 11.5 Å². The predicted octanol–water partition coefficient (Wildman–Crippen LogP) is -0.148. The van der Waals surface area contributed by atoms with Gasteiger partial charge in [-0.3, -0.25) is 14.5 Å². The first kappa shape index (κ1) is 14.6. The maximum absolute atomic E-state index is 12.1. The van der Waals surface area contributed by atoms with E-state index in [1.54, 1.807) is 7.05 Å². The van der Waals surface area contributed by atoms with Crippen LogP contribution in [-0.2, 0) is 16.1 Å². The summed E-state index contributed by atoms with van der Waals surface area (Å²) in [4.78, 5) is 25.7. The number of ether oxygens (including phenoxy) is 2. The van der Waals surface area contributed by atoms with Gasteiger partial charge in [0.05, 0.1) is 12.5 Å². The molecule has 0 aliphatic carbocycles. The number of amides is 2. The van der Waals surface area contributed by atoms with Crippen LogP contribution in [0, 0.1) is 0 Å². The van der Waals surface area contributed by atoms with Crippen LogP contribution in [0.4, 0.5) is 0 Å². The van der Waals surface area contributed by atoms with Crippen molar-refractivity contribution in [3.05, 3.63) is 23.8 Å². The quantitative estimate of drug-likeness (QED) is 0.809. The van der Waals surface area contributed by atoms with Gasteiger partial charge < -0.3 is 20.1 Å². The molecular weight excluding hydrogens is 286 g/mol. The summed E-state index contributed by atoms with van der Waals surface area (Å²) < 4.78 is 10.9. The highest BCUT2D eigenvalue weighted by molar-refractivity contribution is 5.88. The standard InChI is InChI=1S/C15H19N3O4/c1-16-13(19)7-11-15(20)17-5-6-18(11)8-10-3-2-4-12-14(10)22-9-21-12/h2-4,11H,5-9H2,1H3,(H,16,19)(H,17,20). The number of hydrogen-bond donors (Lipinski definition) is 2. The lowest BCUT2D eigenvalue weighted by Crippen LogP contribution is -2.56. The van der Waals surface area contributed by atoms with Crippen molar-refractivity contribution in [1.29, 1.82) is 0 Å². The number of fused-ring (bicyclic) bond motifs is 1. The molecule has 0 spiro atoms. The van der Waals surface area contributed by atoms with E-state index in [1.807, 2.05) is 23.1 Å². The molecule has 0 saturated carbocycles. The van der Waals surface area contributed by atoms with Gasteiger partial charge in [-0.1, -0.05) is 12.1 Å². The van der Waals surface area contributed by atoms with Crippen LogP contribution < -0.4 is 20.1 Å².